The van der Waals surface area contributed by atoms with E-state index in [9.17, 15) is 9.59 Å². The van der Waals surface area contributed by atoms with Crippen LogP contribution in [0.25, 0.3) is 6.08 Å². The molecule has 3 rings (SSSR count). The molecule has 2 aromatic rings. The van der Waals surface area contributed by atoms with Gasteiger partial charge in [-0.25, -0.2) is 4.98 Å². The lowest BCUT2D eigenvalue weighted by atomic mass is 10.2. The van der Waals surface area contributed by atoms with Gasteiger partial charge in [-0.3, -0.25) is 14.5 Å². The zero-order valence-electron chi connectivity index (χ0n) is 12.5. The Morgan fingerprint density at radius 2 is 2.09 bits per heavy atom. The molecule has 0 spiro atoms. The van der Waals surface area contributed by atoms with Crippen LogP contribution < -0.4 is 4.74 Å². The van der Waals surface area contributed by atoms with Crippen LogP contribution in [0.2, 0.25) is 0 Å². The van der Waals surface area contributed by atoms with E-state index in [4.69, 9.17) is 4.74 Å². The molecule has 0 radical (unpaired) electrons. The number of rotatable bonds is 5. The molecule has 0 atom stereocenters. The normalized spacial score (nSPS) is 16.4. The summed E-state index contributed by atoms with van der Waals surface area (Å²) in [6, 6.07) is 7.38. The van der Waals surface area contributed by atoms with Gasteiger partial charge in [0.25, 0.3) is 11.1 Å². The van der Waals surface area contributed by atoms with Gasteiger partial charge in [0, 0.05) is 6.20 Å². The van der Waals surface area contributed by atoms with Crippen molar-refractivity contribution < 1.29 is 14.3 Å². The van der Waals surface area contributed by atoms with E-state index in [1.807, 2.05) is 31.2 Å². The number of nitrogens with one attached hydrogen (secondary N) is 1. The summed E-state index contributed by atoms with van der Waals surface area (Å²) >= 11 is 0.946. The minimum atomic E-state index is -0.288. The molecule has 6 nitrogen and oxygen atoms in total. The molecular formula is C16H15N3O3S. The van der Waals surface area contributed by atoms with Gasteiger partial charge in [0.2, 0.25) is 0 Å². The van der Waals surface area contributed by atoms with Crippen molar-refractivity contribution >= 4 is 29.0 Å². The average molecular weight is 329 g/mol. The summed E-state index contributed by atoms with van der Waals surface area (Å²) < 4.78 is 5.38. The molecular weight excluding hydrogens is 314 g/mol. The fraction of sp³-hybridized carbons (Fsp3) is 0.188. The number of hydrogen-bond donors (Lipinski definition) is 1. The van der Waals surface area contributed by atoms with Gasteiger partial charge in [0.1, 0.15) is 5.75 Å². The van der Waals surface area contributed by atoms with Gasteiger partial charge in [0.05, 0.1) is 30.1 Å². The van der Waals surface area contributed by atoms with Gasteiger partial charge in [-0.2, -0.15) is 0 Å². The van der Waals surface area contributed by atoms with Crippen LogP contribution in [0.5, 0.6) is 5.75 Å². The maximum absolute atomic E-state index is 12.4. The molecule has 0 aliphatic carbocycles. The van der Waals surface area contributed by atoms with Crippen molar-refractivity contribution in [2.45, 2.75) is 13.5 Å². The Hall–Kier alpha value is -2.54. The highest BCUT2D eigenvalue weighted by Gasteiger charge is 2.35. The summed E-state index contributed by atoms with van der Waals surface area (Å²) in [5, 5.41) is -0.276. The number of amides is 2. The van der Waals surface area contributed by atoms with Gasteiger partial charge in [-0.1, -0.05) is 12.1 Å². The average Bonchev–Trinajstić information content (AvgIpc) is 3.14. The topological polar surface area (TPSA) is 75.3 Å². The molecule has 2 heterocycles. The smallest absolute Gasteiger partial charge is 0.293 e. The summed E-state index contributed by atoms with van der Waals surface area (Å²) in [5.74, 6) is 0.487. The van der Waals surface area contributed by atoms with E-state index in [2.05, 4.69) is 9.97 Å². The molecule has 0 bridgehead atoms. The Bertz CT molecular complexity index is 738. The van der Waals surface area contributed by atoms with Gasteiger partial charge in [-0.15, -0.1) is 0 Å². The lowest BCUT2D eigenvalue weighted by molar-refractivity contribution is -0.123. The molecule has 0 unspecified atom stereocenters. The minimum absolute atomic E-state index is 0.200. The van der Waals surface area contributed by atoms with E-state index in [0.29, 0.717) is 11.5 Å². The zero-order chi connectivity index (χ0) is 16.2. The van der Waals surface area contributed by atoms with E-state index in [-0.39, 0.29) is 17.7 Å². The highest BCUT2D eigenvalue weighted by atomic mass is 32.2. The van der Waals surface area contributed by atoms with Crippen molar-refractivity contribution in [1.29, 1.82) is 0 Å². The van der Waals surface area contributed by atoms with Crippen molar-refractivity contribution in [1.82, 2.24) is 14.9 Å². The van der Waals surface area contributed by atoms with E-state index < -0.39 is 0 Å². The molecule has 2 amide bonds. The third-order valence-corrected chi connectivity index (χ3v) is 4.15. The molecule has 118 valence electrons. The van der Waals surface area contributed by atoms with E-state index in [1.54, 1.807) is 12.3 Å². The number of nitrogens with zero attached hydrogens (tertiary/aromatic N) is 2. The van der Waals surface area contributed by atoms with Crippen LogP contribution in [-0.2, 0) is 11.3 Å². The highest BCUT2D eigenvalue weighted by molar-refractivity contribution is 8.18. The molecule has 1 aromatic carbocycles. The Labute approximate surface area is 137 Å². The second-order valence-electron chi connectivity index (χ2n) is 4.85. The molecule has 1 saturated heterocycles. The number of benzene rings is 1. The van der Waals surface area contributed by atoms with Crippen LogP contribution in [0.4, 0.5) is 4.79 Å². The molecule has 1 aliphatic heterocycles. The number of H-pyrrole nitrogens is 1. The monoisotopic (exact) mass is 329 g/mol. The second kappa shape index (κ2) is 6.70. The van der Waals surface area contributed by atoms with Crippen molar-refractivity contribution in [2.75, 3.05) is 6.61 Å². The number of thioether (sulfide) groups is 1. The van der Waals surface area contributed by atoms with E-state index in [0.717, 1.165) is 28.8 Å². The largest absolute Gasteiger partial charge is 0.494 e. The Morgan fingerprint density at radius 1 is 1.30 bits per heavy atom. The van der Waals surface area contributed by atoms with Gasteiger partial charge in [0.15, 0.2) is 0 Å². The number of carbonyl (C=O) groups is 2. The van der Waals surface area contributed by atoms with Crippen LogP contribution in [-0.4, -0.2) is 32.6 Å². The first-order valence-electron chi connectivity index (χ1n) is 7.13. The number of imidazole rings is 1. The summed E-state index contributed by atoms with van der Waals surface area (Å²) in [6.07, 6.45) is 4.83. The molecule has 1 N–H and O–H groups in total. The predicted octanol–water partition coefficient (Wildman–Crippen LogP) is 3.04. The van der Waals surface area contributed by atoms with Crippen molar-refractivity contribution in [3.8, 4) is 5.75 Å². The predicted molar refractivity (Wildman–Crippen MR) is 87.7 cm³/mol. The third-order valence-electron chi connectivity index (χ3n) is 3.25. The molecule has 1 fully saturated rings. The van der Waals surface area contributed by atoms with E-state index in [1.165, 1.54) is 11.2 Å². The van der Waals surface area contributed by atoms with Crippen LogP contribution in [0, 0.1) is 0 Å². The van der Waals surface area contributed by atoms with E-state index >= 15 is 0 Å². The maximum atomic E-state index is 12.4. The summed E-state index contributed by atoms with van der Waals surface area (Å²) in [4.78, 5) is 32.8. The first-order chi connectivity index (χ1) is 11.2. The Kier molecular flexibility index (Phi) is 4.47. The van der Waals surface area contributed by atoms with Crippen LogP contribution >= 0.6 is 11.8 Å². The zero-order valence-corrected chi connectivity index (χ0v) is 13.3. The summed E-state index contributed by atoms with van der Waals surface area (Å²) in [6.45, 7) is 2.72. The van der Waals surface area contributed by atoms with Crippen LogP contribution in [0.15, 0.2) is 41.7 Å². The summed E-state index contributed by atoms with van der Waals surface area (Å²) in [5.41, 5.74) is 1.56. The maximum Gasteiger partial charge on any atom is 0.293 e. The van der Waals surface area contributed by atoms with Crippen molar-refractivity contribution in [2.24, 2.45) is 0 Å². The SMILES string of the molecule is CCOc1ccc(/C=C2\SC(=O)N(Cc3cnc[nH]3)C2=O)cc1. The van der Waals surface area contributed by atoms with Crippen molar-refractivity contribution in [3.05, 3.63) is 53.0 Å². The molecule has 0 saturated carbocycles. The lowest BCUT2D eigenvalue weighted by Crippen LogP contribution is -2.27. The Morgan fingerprint density at radius 3 is 2.74 bits per heavy atom. The molecule has 1 aliphatic rings. The fourth-order valence-electron chi connectivity index (χ4n) is 2.16. The van der Waals surface area contributed by atoms with Crippen LogP contribution in [0.1, 0.15) is 18.2 Å². The molecule has 1 aromatic heterocycles. The summed E-state index contributed by atoms with van der Waals surface area (Å²) in [7, 11) is 0. The van der Waals surface area contributed by atoms with Gasteiger partial charge >= 0.3 is 0 Å². The van der Waals surface area contributed by atoms with Gasteiger partial charge in [-0.05, 0) is 42.5 Å². The second-order valence-corrected chi connectivity index (χ2v) is 5.84. The number of carbonyl (C=O) groups excluding carboxylic acids is 2. The number of ether oxygens (including phenoxy) is 1. The Balaban J connectivity index is 1.75. The lowest BCUT2D eigenvalue weighted by Gasteiger charge is -2.10. The number of aromatic nitrogens is 2. The molecule has 23 heavy (non-hydrogen) atoms. The minimum Gasteiger partial charge on any atom is -0.494 e. The quantitative estimate of drug-likeness (QED) is 0.853. The fourth-order valence-corrected chi connectivity index (χ4v) is 2.99. The molecule has 7 heteroatoms. The highest BCUT2D eigenvalue weighted by Crippen LogP contribution is 2.33. The number of hydrogen-bond acceptors (Lipinski definition) is 5. The van der Waals surface area contributed by atoms with Crippen molar-refractivity contribution in [3.63, 3.8) is 0 Å². The first kappa shape index (κ1) is 15.4. The number of aromatic amines is 1. The van der Waals surface area contributed by atoms with Crippen LogP contribution in [0.3, 0.4) is 0 Å². The first-order valence-corrected chi connectivity index (χ1v) is 7.94. The third kappa shape index (κ3) is 3.45. The number of imide groups is 1. The van der Waals surface area contributed by atoms with Gasteiger partial charge < -0.3 is 9.72 Å². The standard InChI is InChI=1S/C16H15N3O3S/c1-2-22-13-5-3-11(4-6-13)7-14-15(20)19(16(21)23-14)9-12-8-17-10-18-12/h3-8,10H,2,9H2,1H3,(H,17,18)/b14-7-.